The lowest BCUT2D eigenvalue weighted by atomic mass is 10.2. The fraction of sp³-hybridized carbons (Fsp3) is 0.267. The fourth-order valence-electron chi connectivity index (χ4n) is 1.64. The molecule has 0 aliphatic heterocycles. The van der Waals surface area contributed by atoms with Crippen molar-refractivity contribution in [2.24, 2.45) is 0 Å². The maximum Gasteiger partial charge on any atom is 0.115 e. The molecule has 1 aromatic carbocycles. The smallest absolute Gasteiger partial charge is 0.115 e. The Kier molecular flexibility index (Phi) is 5.89. The molecule has 0 atom stereocenters. The number of benzene rings is 1. The molecule has 0 fully saturated rings. The van der Waals surface area contributed by atoms with E-state index < -0.39 is 0 Å². The Labute approximate surface area is 127 Å². The van der Waals surface area contributed by atoms with E-state index in [1.165, 1.54) is 16.9 Å². The van der Waals surface area contributed by atoms with Crippen LogP contribution in [0.25, 0.3) is 0 Å². The summed E-state index contributed by atoms with van der Waals surface area (Å²) in [4.78, 5) is 5.57. The van der Waals surface area contributed by atoms with Gasteiger partial charge in [0, 0.05) is 17.6 Å². The molecule has 0 saturated carbocycles. The van der Waals surface area contributed by atoms with Crippen molar-refractivity contribution >= 4 is 27.7 Å². The van der Waals surface area contributed by atoms with Gasteiger partial charge in [-0.15, -0.1) is 0 Å². The van der Waals surface area contributed by atoms with Gasteiger partial charge in [0.25, 0.3) is 0 Å². The van der Waals surface area contributed by atoms with E-state index in [1.807, 2.05) is 18.3 Å². The molecule has 0 radical (unpaired) electrons. The first-order chi connectivity index (χ1) is 9.29. The molecule has 0 bridgehead atoms. The van der Waals surface area contributed by atoms with Gasteiger partial charge in [-0.05, 0) is 58.7 Å². The Hall–Kier alpha value is -0.840. The summed E-state index contributed by atoms with van der Waals surface area (Å²) in [6.45, 7) is 4.18. The zero-order valence-electron chi connectivity index (χ0n) is 10.9. The number of aromatic nitrogens is 1. The molecule has 1 heterocycles. The Bertz CT molecular complexity index is 514. The van der Waals surface area contributed by atoms with Crippen molar-refractivity contribution in [3.8, 4) is 0 Å². The number of hydrogen-bond donors (Lipinski definition) is 1. The van der Waals surface area contributed by atoms with Crippen LogP contribution < -0.4 is 5.32 Å². The summed E-state index contributed by atoms with van der Waals surface area (Å²) in [5.74, 6) is 0. The van der Waals surface area contributed by atoms with Gasteiger partial charge in [-0.3, -0.25) is 0 Å². The average Bonchev–Trinajstić information content (AvgIpc) is 2.44. The monoisotopic (exact) mass is 336 g/mol. The molecule has 0 aliphatic carbocycles. The summed E-state index contributed by atoms with van der Waals surface area (Å²) in [6.07, 6.45) is 2.98. The zero-order valence-corrected chi connectivity index (χ0v) is 13.3. The minimum Gasteiger partial charge on any atom is -0.313 e. The Morgan fingerprint density at radius 3 is 2.68 bits per heavy atom. The zero-order chi connectivity index (χ0) is 13.5. The van der Waals surface area contributed by atoms with Gasteiger partial charge in [-0.2, -0.15) is 0 Å². The summed E-state index contributed by atoms with van der Waals surface area (Å²) in [7, 11) is 0. The van der Waals surface area contributed by atoms with Crippen LogP contribution in [0.4, 0.5) is 0 Å². The summed E-state index contributed by atoms with van der Waals surface area (Å²) in [5, 5.41) is 4.40. The summed E-state index contributed by atoms with van der Waals surface area (Å²) in [6, 6.07) is 12.6. The van der Waals surface area contributed by atoms with E-state index in [0.717, 1.165) is 22.6 Å². The van der Waals surface area contributed by atoms with E-state index in [2.05, 4.69) is 57.4 Å². The third-order valence-corrected chi connectivity index (χ3v) is 4.55. The molecular formula is C15H17BrN2S. The fourth-order valence-corrected chi connectivity index (χ4v) is 2.92. The molecule has 19 heavy (non-hydrogen) atoms. The van der Waals surface area contributed by atoms with Gasteiger partial charge in [-0.25, -0.2) is 4.98 Å². The van der Waals surface area contributed by atoms with Crippen molar-refractivity contribution < 1.29 is 0 Å². The third-order valence-electron chi connectivity index (χ3n) is 2.62. The van der Waals surface area contributed by atoms with E-state index in [0.29, 0.717) is 0 Å². The molecule has 2 rings (SSSR count). The minimum absolute atomic E-state index is 0.937. The molecule has 1 aromatic heterocycles. The lowest BCUT2D eigenvalue weighted by Gasteiger charge is -2.06. The van der Waals surface area contributed by atoms with Crippen LogP contribution >= 0.6 is 27.7 Å². The third kappa shape index (κ3) is 4.64. The Morgan fingerprint density at radius 2 is 2.00 bits per heavy atom. The van der Waals surface area contributed by atoms with Crippen LogP contribution in [0.2, 0.25) is 0 Å². The molecular weight excluding hydrogens is 320 g/mol. The number of rotatable bonds is 6. The van der Waals surface area contributed by atoms with E-state index in [9.17, 15) is 0 Å². The first-order valence-electron chi connectivity index (χ1n) is 6.37. The number of nitrogens with zero attached hydrogens (tertiary/aromatic N) is 1. The molecule has 0 unspecified atom stereocenters. The van der Waals surface area contributed by atoms with E-state index in [-0.39, 0.29) is 0 Å². The summed E-state index contributed by atoms with van der Waals surface area (Å²) >= 11 is 5.19. The highest BCUT2D eigenvalue weighted by atomic mass is 79.9. The van der Waals surface area contributed by atoms with Gasteiger partial charge in [0.1, 0.15) is 5.03 Å². The van der Waals surface area contributed by atoms with E-state index in [4.69, 9.17) is 0 Å². The molecule has 1 N–H and O–H groups in total. The second kappa shape index (κ2) is 7.68. The number of nitrogens with one attached hydrogen (secondary N) is 1. The molecule has 2 nitrogen and oxygen atoms in total. The number of halogens is 1. The maximum absolute atomic E-state index is 4.36. The van der Waals surface area contributed by atoms with Crippen LogP contribution in [0.15, 0.2) is 57.0 Å². The van der Waals surface area contributed by atoms with Gasteiger partial charge < -0.3 is 5.32 Å². The van der Waals surface area contributed by atoms with E-state index >= 15 is 0 Å². The summed E-state index contributed by atoms with van der Waals surface area (Å²) < 4.78 is 1.04. The normalized spacial score (nSPS) is 10.6. The second-order valence-corrected chi connectivity index (χ2v) is 6.13. The first kappa shape index (κ1) is 14.6. The first-order valence-corrected chi connectivity index (χ1v) is 7.98. The van der Waals surface area contributed by atoms with Gasteiger partial charge in [0.2, 0.25) is 0 Å². The summed E-state index contributed by atoms with van der Waals surface area (Å²) in [5.41, 5.74) is 1.32. The standard InChI is InChI=1S/C15H17BrN2S/c1-2-9-17-11-12-5-7-13(8-6-12)19-15-14(16)4-3-10-18-15/h3-8,10,17H,2,9,11H2,1H3. The lowest BCUT2D eigenvalue weighted by Crippen LogP contribution is -2.13. The van der Waals surface area contributed by atoms with Crippen molar-refractivity contribution in [2.45, 2.75) is 29.8 Å². The highest BCUT2D eigenvalue weighted by Crippen LogP contribution is 2.31. The average molecular weight is 337 g/mol. The quantitative estimate of drug-likeness (QED) is 0.786. The van der Waals surface area contributed by atoms with Crippen LogP contribution in [0, 0.1) is 0 Å². The highest BCUT2D eigenvalue weighted by Gasteiger charge is 2.03. The predicted molar refractivity (Wildman–Crippen MR) is 84.5 cm³/mol. The van der Waals surface area contributed by atoms with Crippen molar-refractivity contribution in [3.05, 3.63) is 52.6 Å². The highest BCUT2D eigenvalue weighted by molar-refractivity contribution is 9.10. The molecule has 0 amide bonds. The van der Waals surface area contributed by atoms with Crippen LogP contribution in [0.5, 0.6) is 0 Å². The number of pyridine rings is 1. The van der Waals surface area contributed by atoms with Crippen LogP contribution in [0.1, 0.15) is 18.9 Å². The molecule has 4 heteroatoms. The number of hydrogen-bond acceptors (Lipinski definition) is 3. The van der Waals surface area contributed by atoms with Gasteiger partial charge in [0.05, 0.1) is 4.47 Å². The molecule has 0 saturated heterocycles. The van der Waals surface area contributed by atoms with Crippen LogP contribution in [-0.4, -0.2) is 11.5 Å². The van der Waals surface area contributed by atoms with Crippen LogP contribution in [0.3, 0.4) is 0 Å². The SMILES string of the molecule is CCCNCc1ccc(Sc2ncccc2Br)cc1. The molecule has 2 aromatic rings. The minimum atomic E-state index is 0.937. The lowest BCUT2D eigenvalue weighted by molar-refractivity contribution is 0.675. The van der Waals surface area contributed by atoms with Crippen molar-refractivity contribution in [1.29, 1.82) is 0 Å². The second-order valence-electron chi connectivity index (χ2n) is 4.21. The van der Waals surface area contributed by atoms with Crippen molar-refractivity contribution in [1.82, 2.24) is 10.3 Å². The molecule has 100 valence electrons. The van der Waals surface area contributed by atoms with Crippen molar-refractivity contribution in [2.75, 3.05) is 6.54 Å². The largest absolute Gasteiger partial charge is 0.313 e. The van der Waals surface area contributed by atoms with Gasteiger partial charge >= 0.3 is 0 Å². The predicted octanol–water partition coefficient (Wildman–Crippen LogP) is 4.49. The van der Waals surface area contributed by atoms with Crippen molar-refractivity contribution in [3.63, 3.8) is 0 Å². The van der Waals surface area contributed by atoms with Crippen LogP contribution in [-0.2, 0) is 6.54 Å². The maximum atomic E-state index is 4.36. The topological polar surface area (TPSA) is 24.9 Å². The Balaban J connectivity index is 1.97. The molecule has 0 spiro atoms. The Morgan fingerprint density at radius 1 is 1.21 bits per heavy atom. The van der Waals surface area contributed by atoms with Gasteiger partial charge in [0.15, 0.2) is 0 Å². The molecule has 0 aliphatic rings. The van der Waals surface area contributed by atoms with Gasteiger partial charge in [-0.1, -0.05) is 30.8 Å². The van der Waals surface area contributed by atoms with E-state index in [1.54, 1.807) is 11.8 Å².